The lowest BCUT2D eigenvalue weighted by Crippen LogP contribution is -2.01. The summed E-state index contributed by atoms with van der Waals surface area (Å²) < 4.78 is 4.66. The molecule has 0 amide bonds. The zero-order chi connectivity index (χ0) is 41.0. The minimum absolute atomic E-state index is 0.612. The van der Waals surface area contributed by atoms with E-state index in [1.807, 2.05) is 6.07 Å². The van der Waals surface area contributed by atoms with Crippen LogP contribution in [0.15, 0.2) is 224 Å². The van der Waals surface area contributed by atoms with Crippen molar-refractivity contribution in [2.75, 3.05) is 0 Å². The SMILES string of the molecule is c1ccc(-c2ccc(-c3cccc(-c4nc(-c5ccc6c(c5)c5ccccc5n6-c5ccccc5)nc(-c5ccc6c7ccccc7n(-c7ccccc7)c6c5)n4)c3)cc2)cc1. The molecular weight excluding hydrogens is 755 g/mol. The van der Waals surface area contributed by atoms with Gasteiger partial charge in [-0.15, -0.1) is 0 Å². The van der Waals surface area contributed by atoms with Crippen molar-refractivity contribution in [1.29, 1.82) is 0 Å². The molecule has 5 nitrogen and oxygen atoms in total. The summed E-state index contributed by atoms with van der Waals surface area (Å²) in [6.45, 7) is 0. The van der Waals surface area contributed by atoms with E-state index < -0.39 is 0 Å². The Kier molecular flexibility index (Phi) is 8.42. The monoisotopic (exact) mass is 791 g/mol. The maximum atomic E-state index is 5.30. The molecule has 9 aromatic carbocycles. The van der Waals surface area contributed by atoms with Gasteiger partial charge in [-0.3, -0.25) is 0 Å². The Morgan fingerprint density at radius 3 is 1.24 bits per heavy atom. The highest BCUT2D eigenvalue weighted by atomic mass is 15.0. The normalized spacial score (nSPS) is 11.5. The summed E-state index contributed by atoms with van der Waals surface area (Å²) in [5.41, 5.74) is 14.1. The predicted octanol–water partition coefficient (Wildman–Crippen LogP) is 14.4. The Labute approximate surface area is 358 Å². The molecule has 0 radical (unpaired) electrons. The highest BCUT2D eigenvalue weighted by Crippen LogP contribution is 2.38. The van der Waals surface area contributed by atoms with Crippen molar-refractivity contribution in [3.63, 3.8) is 0 Å². The molecule has 0 bridgehead atoms. The molecule has 290 valence electrons. The Morgan fingerprint density at radius 2 is 0.613 bits per heavy atom. The molecule has 0 aliphatic carbocycles. The second-order valence-electron chi connectivity index (χ2n) is 15.7. The number of benzene rings is 9. The molecule has 0 atom stereocenters. The first-order valence-corrected chi connectivity index (χ1v) is 20.9. The first-order valence-electron chi connectivity index (χ1n) is 20.9. The van der Waals surface area contributed by atoms with Gasteiger partial charge in [0.2, 0.25) is 0 Å². The fourth-order valence-electron chi connectivity index (χ4n) is 9.02. The van der Waals surface area contributed by atoms with Crippen molar-refractivity contribution in [2.45, 2.75) is 0 Å². The molecule has 12 aromatic rings. The van der Waals surface area contributed by atoms with Crippen molar-refractivity contribution in [2.24, 2.45) is 0 Å². The number of hydrogen-bond donors (Lipinski definition) is 0. The maximum absolute atomic E-state index is 5.30. The summed E-state index contributed by atoms with van der Waals surface area (Å²) in [6, 6.07) is 79.2. The number of hydrogen-bond acceptors (Lipinski definition) is 3. The summed E-state index contributed by atoms with van der Waals surface area (Å²) in [4.78, 5) is 15.8. The molecule has 62 heavy (non-hydrogen) atoms. The van der Waals surface area contributed by atoms with Crippen LogP contribution in [0, 0.1) is 0 Å². The molecule has 0 spiro atoms. The van der Waals surface area contributed by atoms with Crippen LogP contribution in [0.1, 0.15) is 0 Å². The lowest BCUT2D eigenvalue weighted by atomic mass is 9.99. The first-order chi connectivity index (χ1) is 30.7. The van der Waals surface area contributed by atoms with Crippen molar-refractivity contribution in [1.82, 2.24) is 24.1 Å². The summed E-state index contributed by atoms with van der Waals surface area (Å²) in [5.74, 6) is 1.84. The number of nitrogens with zero attached hydrogens (tertiary/aromatic N) is 5. The van der Waals surface area contributed by atoms with Crippen LogP contribution in [0.25, 0.3) is 111 Å². The quantitative estimate of drug-likeness (QED) is 0.162. The van der Waals surface area contributed by atoms with Crippen molar-refractivity contribution >= 4 is 43.6 Å². The van der Waals surface area contributed by atoms with E-state index in [2.05, 4.69) is 228 Å². The third-order valence-corrected chi connectivity index (χ3v) is 12.0. The second kappa shape index (κ2) is 14.7. The zero-order valence-corrected chi connectivity index (χ0v) is 33.6. The van der Waals surface area contributed by atoms with Gasteiger partial charge in [-0.1, -0.05) is 158 Å². The van der Waals surface area contributed by atoms with Crippen LogP contribution in [0.2, 0.25) is 0 Å². The summed E-state index contributed by atoms with van der Waals surface area (Å²) in [6.07, 6.45) is 0. The first kappa shape index (κ1) is 35.5. The Morgan fingerprint density at radius 1 is 0.226 bits per heavy atom. The molecule has 3 aromatic heterocycles. The van der Waals surface area contributed by atoms with Crippen molar-refractivity contribution in [3.8, 4) is 67.8 Å². The van der Waals surface area contributed by atoms with Crippen LogP contribution in [0.4, 0.5) is 0 Å². The van der Waals surface area contributed by atoms with Crippen molar-refractivity contribution < 1.29 is 0 Å². The van der Waals surface area contributed by atoms with Crippen molar-refractivity contribution in [3.05, 3.63) is 224 Å². The Bertz CT molecular complexity index is 3610. The van der Waals surface area contributed by atoms with Gasteiger partial charge in [0, 0.05) is 49.6 Å². The van der Waals surface area contributed by atoms with E-state index >= 15 is 0 Å². The standard InChI is InChI=1S/C57H37N5/c1-4-15-38(16-5-1)39-27-29-40(30-28-39)41-17-14-18-42(35-41)55-58-56(43-32-34-53-50(36-43)48-24-11-13-26-52(48)61(53)45-19-6-2-7-20-45)60-57(59-55)44-31-33-49-47-23-10-12-25-51(47)62(54(49)37-44)46-21-8-3-9-22-46/h1-37H. The highest BCUT2D eigenvalue weighted by Gasteiger charge is 2.19. The molecule has 3 heterocycles. The zero-order valence-electron chi connectivity index (χ0n) is 33.6. The molecule has 0 fully saturated rings. The molecule has 0 unspecified atom stereocenters. The maximum Gasteiger partial charge on any atom is 0.164 e. The van der Waals surface area contributed by atoms with Crippen LogP contribution < -0.4 is 0 Å². The van der Waals surface area contributed by atoms with Gasteiger partial charge in [0.15, 0.2) is 17.5 Å². The molecule has 0 aliphatic rings. The molecule has 0 N–H and O–H groups in total. The number of aromatic nitrogens is 5. The van der Waals surface area contributed by atoms with Crippen LogP contribution in [0.3, 0.4) is 0 Å². The second-order valence-corrected chi connectivity index (χ2v) is 15.7. The smallest absolute Gasteiger partial charge is 0.164 e. The minimum Gasteiger partial charge on any atom is -0.309 e. The van der Waals surface area contributed by atoms with Gasteiger partial charge in [0.1, 0.15) is 0 Å². The van der Waals surface area contributed by atoms with E-state index in [4.69, 9.17) is 15.0 Å². The summed E-state index contributed by atoms with van der Waals surface area (Å²) in [7, 11) is 0. The third-order valence-electron chi connectivity index (χ3n) is 12.0. The third kappa shape index (κ3) is 6.06. The van der Waals surface area contributed by atoms with Gasteiger partial charge in [-0.25, -0.2) is 15.0 Å². The van der Waals surface area contributed by atoms with Gasteiger partial charge in [-0.05, 0) is 89.0 Å². The summed E-state index contributed by atoms with van der Waals surface area (Å²) in [5, 5.41) is 4.69. The average Bonchev–Trinajstić information content (AvgIpc) is 3.87. The Hall–Kier alpha value is -8.41. The van der Waals surface area contributed by atoms with Gasteiger partial charge < -0.3 is 9.13 Å². The van der Waals surface area contributed by atoms with E-state index in [0.29, 0.717) is 17.5 Å². The molecule has 0 saturated carbocycles. The lowest BCUT2D eigenvalue weighted by Gasteiger charge is -2.12. The number of para-hydroxylation sites is 4. The van der Waals surface area contributed by atoms with Gasteiger partial charge in [0.05, 0.1) is 22.1 Å². The molecule has 0 saturated heterocycles. The minimum atomic E-state index is 0.612. The number of fused-ring (bicyclic) bond motifs is 6. The summed E-state index contributed by atoms with van der Waals surface area (Å²) >= 11 is 0. The van der Waals surface area contributed by atoms with Crippen LogP contribution in [-0.2, 0) is 0 Å². The molecular formula is C57H37N5. The van der Waals surface area contributed by atoms with E-state index in [1.165, 1.54) is 27.3 Å². The topological polar surface area (TPSA) is 48.5 Å². The highest BCUT2D eigenvalue weighted by molar-refractivity contribution is 6.11. The van der Waals surface area contributed by atoms with Gasteiger partial charge in [-0.2, -0.15) is 0 Å². The molecule has 5 heteroatoms. The van der Waals surface area contributed by atoms with Crippen LogP contribution >= 0.6 is 0 Å². The van der Waals surface area contributed by atoms with E-state index in [1.54, 1.807) is 0 Å². The van der Waals surface area contributed by atoms with Crippen LogP contribution in [-0.4, -0.2) is 24.1 Å². The number of rotatable bonds is 7. The largest absolute Gasteiger partial charge is 0.309 e. The molecule has 12 rings (SSSR count). The fourth-order valence-corrected chi connectivity index (χ4v) is 9.02. The molecule has 0 aliphatic heterocycles. The lowest BCUT2D eigenvalue weighted by molar-refractivity contribution is 1.07. The van der Waals surface area contributed by atoms with E-state index in [9.17, 15) is 0 Å². The van der Waals surface area contributed by atoms with Gasteiger partial charge in [0.25, 0.3) is 0 Å². The van der Waals surface area contributed by atoms with Crippen LogP contribution in [0.5, 0.6) is 0 Å². The van der Waals surface area contributed by atoms with Gasteiger partial charge >= 0.3 is 0 Å². The average molecular weight is 792 g/mol. The Balaban J connectivity index is 1.04. The predicted molar refractivity (Wildman–Crippen MR) is 256 cm³/mol. The van der Waals surface area contributed by atoms with E-state index in [-0.39, 0.29) is 0 Å². The van der Waals surface area contributed by atoms with E-state index in [0.717, 1.165) is 66.6 Å². The fraction of sp³-hybridized carbons (Fsp3) is 0.